The second-order valence-corrected chi connectivity index (χ2v) is 3.63. The zero-order valence-electron chi connectivity index (χ0n) is 9.19. The molecule has 0 radical (unpaired) electrons. The van der Waals surface area contributed by atoms with Gasteiger partial charge in [0.25, 0.3) is 0 Å². The van der Waals surface area contributed by atoms with E-state index in [0.717, 1.165) is 5.75 Å². The van der Waals surface area contributed by atoms with Crippen molar-refractivity contribution in [2.45, 2.75) is 26.3 Å². The molecule has 1 rings (SSSR count). The van der Waals surface area contributed by atoms with Crippen molar-refractivity contribution in [1.29, 1.82) is 0 Å². The molecule has 3 heteroatoms. The van der Waals surface area contributed by atoms with Crippen LogP contribution in [0.5, 0.6) is 5.75 Å². The Morgan fingerprint density at radius 3 is 2.60 bits per heavy atom. The third kappa shape index (κ3) is 5.05. The Labute approximate surface area is 90.4 Å². The molecule has 0 saturated heterocycles. The van der Waals surface area contributed by atoms with E-state index in [9.17, 15) is 4.79 Å². The molecule has 0 aliphatic carbocycles. The molecule has 0 aromatic heterocycles. The van der Waals surface area contributed by atoms with Crippen molar-refractivity contribution in [1.82, 2.24) is 5.32 Å². The van der Waals surface area contributed by atoms with Gasteiger partial charge in [0.1, 0.15) is 5.75 Å². The molecule has 1 amide bonds. The van der Waals surface area contributed by atoms with Crippen molar-refractivity contribution >= 4 is 5.91 Å². The first-order valence-corrected chi connectivity index (χ1v) is 5.15. The average Bonchev–Trinajstić information content (AvgIpc) is 2.18. The fourth-order valence-electron chi connectivity index (χ4n) is 1.17. The molecule has 1 aromatic rings. The highest BCUT2D eigenvalue weighted by Crippen LogP contribution is 2.08. The predicted octanol–water partition coefficient (Wildman–Crippen LogP) is 1.98. The van der Waals surface area contributed by atoms with Crippen LogP contribution in [0, 0.1) is 0 Å². The number of hydrogen-bond acceptors (Lipinski definition) is 2. The van der Waals surface area contributed by atoms with Gasteiger partial charge < -0.3 is 10.1 Å². The number of para-hydroxylation sites is 1. The molecule has 3 nitrogen and oxygen atoms in total. The van der Waals surface area contributed by atoms with Crippen molar-refractivity contribution in [3.63, 3.8) is 0 Å². The summed E-state index contributed by atoms with van der Waals surface area (Å²) >= 11 is 0. The minimum absolute atomic E-state index is 0.0286. The van der Waals surface area contributed by atoms with E-state index in [1.807, 2.05) is 44.2 Å². The molecule has 0 unspecified atom stereocenters. The molecule has 15 heavy (non-hydrogen) atoms. The summed E-state index contributed by atoms with van der Waals surface area (Å²) in [5.41, 5.74) is 0. The van der Waals surface area contributed by atoms with Gasteiger partial charge in [-0.3, -0.25) is 4.79 Å². The highest BCUT2D eigenvalue weighted by molar-refractivity contribution is 5.76. The lowest BCUT2D eigenvalue weighted by atomic mass is 10.3. The van der Waals surface area contributed by atoms with Crippen LogP contribution in [0.15, 0.2) is 30.3 Å². The molecule has 82 valence electrons. The standard InChI is InChI=1S/C12H17NO2/c1-10(2)13-12(14)8-9-15-11-6-4-3-5-7-11/h3-7,10H,8-9H2,1-2H3,(H,13,14). The molecule has 0 heterocycles. The maximum absolute atomic E-state index is 11.3. The normalized spacial score (nSPS) is 10.1. The van der Waals surface area contributed by atoms with Crippen LogP contribution >= 0.6 is 0 Å². The first kappa shape index (κ1) is 11.6. The molecular formula is C12H17NO2. The van der Waals surface area contributed by atoms with E-state index >= 15 is 0 Å². The quantitative estimate of drug-likeness (QED) is 0.801. The van der Waals surface area contributed by atoms with Gasteiger partial charge in [-0.25, -0.2) is 0 Å². The van der Waals surface area contributed by atoms with Gasteiger partial charge in [0, 0.05) is 6.04 Å². The van der Waals surface area contributed by atoms with Crippen molar-refractivity contribution in [3.8, 4) is 5.75 Å². The Morgan fingerprint density at radius 1 is 1.33 bits per heavy atom. The van der Waals surface area contributed by atoms with E-state index in [1.54, 1.807) is 0 Å². The fourth-order valence-corrected chi connectivity index (χ4v) is 1.17. The third-order valence-electron chi connectivity index (χ3n) is 1.79. The molecule has 0 saturated carbocycles. The third-order valence-corrected chi connectivity index (χ3v) is 1.79. The summed E-state index contributed by atoms with van der Waals surface area (Å²) in [5, 5.41) is 2.81. The highest BCUT2D eigenvalue weighted by Gasteiger charge is 2.02. The summed E-state index contributed by atoms with van der Waals surface area (Å²) in [6.07, 6.45) is 0.396. The van der Waals surface area contributed by atoms with Crippen molar-refractivity contribution < 1.29 is 9.53 Å². The number of ether oxygens (including phenoxy) is 1. The van der Waals surface area contributed by atoms with E-state index < -0.39 is 0 Å². The summed E-state index contributed by atoms with van der Waals surface area (Å²) in [7, 11) is 0. The Balaban J connectivity index is 2.19. The van der Waals surface area contributed by atoms with Crippen LogP contribution in [0.2, 0.25) is 0 Å². The van der Waals surface area contributed by atoms with E-state index in [0.29, 0.717) is 13.0 Å². The monoisotopic (exact) mass is 207 g/mol. The SMILES string of the molecule is CC(C)NC(=O)CCOc1ccccc1. The topological polar surface area (TPSA) is 38.3 Å². The van der Waals surface area contributed by atoms with E-state index in [2.05, 4.69) is 5.32 Å². The zero-order chi connectivity index (χ0) is 11.1. The molecule has 0 aliphatic heterocycles. The number of carbonyl (C=O) groups excluding carboxylic acids is 1. The van der Waals surface area contributed by atoms with Gasteiger partial charge in [0.05, 0.1) is 13.0 Å². The minimum atomic E-state index is 0.0286. The predicted molar refractivity (Wildman–Crippen MR) is 59.8 cm³/mol. The maximum Gasteiger partial charge on any atom is 0.223 e. The molecule has 0 bridgehead atoms. The van der Waals surface area contributed by atoms with Crippen LogP contribution in [0.3, 0.4) is 0 Å². The zero-order valence-corrected chi connectivity index (χ0v) is 9.19. The van der Waals surface area contributed by atoms with Gasteiger partial charge >= 0.3 is 0 Å². The van der Waals surface area contributed by atoms with Crippen molar-refractivity contribution in [2.75, 3.05) is 6.61 Å². The number of amides is 1. The van der Waals surface area contributed by atoms with Gasteiger partial charge in [-0.15, -0.1) is 0 Å². The second kappa shape index (κ2) is 6.06. The van der Waals surface area contributed by atoms with Crippen LogP contribution in [0.1, 0.15) is 20.3 Å². The Hall–Kier alpha value is -1.51. The second-order valence-electron chi connectivity index (χ2n) is 3.63. The fraction of sp³-hybridized carbons (Fsp3) is 0.417. The maximum atomic E-state index is 11.3. The number of hydrogen-bond donors (Lipinski definition) is 1. The highest BCUT2D eigenvalue weighted by atomic mass is 16.5. The average molecular weight is 207 g/mol. The van der Waals surface area contributed by atoms with Crippen molar-refractivity contribution in [3.05, 3.63) is 30.3 Å². The summed E-state index contributed by atoms with van der Waals surface area (Å²) in [4.78, 5) is 11.3. The van der Waals surface area contributed by atoms with Gasteiger partial charge in [-0.2, -0.15) is 0 Å². The Bertz CT molecular complexity index is 296. The molecule has 0 atom stereocenters. The first-order valence-electron chi connectivity index (χ1n) is 5.15. The molecule has 1 aromatic carbocycles. The Morgan fingerprint density at radius 2 is 2.00 bits per heavy atom. The molecule has 0 fully saturated rings. The summed E-state index contributed by atoms with van der Waals surface area (Å²) in [5.74, 6) is 0.829. The van der Waals surface area contributed by atoms with Gasteiger partial charge in [-0.1, -0.05) is 18.2 Å². The molecule has 0 spiro atoms. The minimum Gasteiger partial charge on any atom is -0.493 e. The van der Waals surface area contributed by atoms with Crippen LogP contribution in [-0.4, -0.2) is 18.6 Å². The van der Waals surface area contributed by atoms with Crippen LogP contribution in [0.25, 0.3) is 0 Å². The molecule has 1 N–H and O–H groups in total. The summed E-state index contributed by atoms with van der Waals surface area (Å²) < 4.78 is 5.40. The Kier molecular flexibility index (Phi) is 4.68. The van der Waals surface area contributed by atoms with Gasteiger partial charge in [-0.05, 0) is 26.0 Å². The lowest BCUT2D eigenvalue weighted by Gasteiger charge is -2.09. The summed E-state index contributed by atoms with van der Waals surface area (Å²) in [6, 6.07) is 9.68. The van der Waals surface area contributed by atoms with Crippen LogP contribution in [-0.2, 0) is 4.79 Å². The largest absolute Gasteiger partial charge is 0.493 e. The van der Waals surface area contributed by atoms with E-state index in [-0.39, 0.29) is 11.9 Å². The van der Waals surface area contributed by atoms with Crippen LogP contribution in [0.4, 0.5) is 0 Å². The van der Waals surface area contributed by atoms with Gasteiger partial charge in [0.2, 0.25) is 5.91 Å². The molecular weight excluding hydrogens is 190 g/mol. The number of nitrogens with one attached hydrogen (secondary N) is 1. The first-order chi connectivity index (χ1) is 7.18. The van der Waals surface area contributed by atoms with Gasteiger partial charge in [0.15, 0.2) is 0 Å². The smallest absolute Gasteiger partial charge is 0.223 e. The van der Waals surface area contributed by atoms with Crippen LogP contribution < -0.4 is 10.1 Å². The van der Waals surface area contributed by atoms with Crippen molar-refractivity contribution in [2.24, 2.45) is 0 Å². The number of benzene rings is 1. The molecule has 0 aliphatic rings. The lowest BCUT2D eigenvalue weighted by molar-refractivity contribution is -0.122. The van der Waals surface area contributed by atoms with E-state index in [4.69, 9.17) is 4.74 Å². The lowest BCUT2D eigenvalue weighted by Crippen LogP contribution is -2.31. The summed E-state index contributed by atoms with van der Waals surface area (Å²) in [6.45, 7) is 4.30. The van der Waals surface area contributed by atoms with E-state index in [1.165, 1.54) is 0 Å². The number of rotatable bonds is 5. The number of carbonyl (C=O) groups is 1.